The van der Waals surface area contributed by atoms with Gasteiger partial charge in [0.2, 0.25) is 0 Å². The van der Waals surface area contributed by atoms with Gasteiger partial charge in [-0.15, -0.1) is 9.78 Å². The quantitative estimate of drug-likeness (QED) is 0.391. The fourth-order valence-electron chi connectivity index (χ4n) is 5.08. The molecule has 2 heterocycles. The first-order chi connectivity index (χ1) is 17.6. The van der Waals surface area contributed by atoms with Crippen LogP contribution in [0.25, 0.3) is 22.5 Å². The lowest BCUT2D eigenvalue weighted by Crippen LogP contribution is -2.35. The summed E-state index contributed by atoms with van der Waals surface area (Å²) in [5.41, 5.74) is 3.57. The minimum Gasteiger partial charge on any atom is -0.277 e. The Kier molecular flexibility index (Phi) is 7.16. The third-order valence-corrected chi connectivity index (χ3v) is 7.23. The van der Waals surface area contributed by atoms with Gasteiger partial charge in [-0.05, 0) is 64.8 Å². The van der Waals surface area contributed by atoms with Crippen LogP contribution >= 0.6 is 0 Å². The predicted molar refractivity (Wildman–Crippen MR) is 136 cm³/mol. The number of nitrogens with one attached hydrogen (secondary N) is 1. The summed E-state index contributed by atoms with van der Waals surface area (Å²) in [6.07, 6.45) is 9.01. The fraction of sp³-hybridized carbons (Fsp3) is 0.407. The molecule has 186 valence electrons. The standard InChI is InChI=1S/C27H31N7O2/c1-2-3-5-19-8-14-22(15-9-19)26(35)34-27(36)33(18-28-34)17-20-10-12-21(13-11-20)23-6-4-7-24(16-23)25-29-31-32-30-25/h4,6-7,10-13,16,18-19,22H,2-3,5,8-9,14-15,17H2,1H3,(H,29,30,31,32). The summed E-state index contributed by atoms with van der Waals surface area (Å²) in [7, 11) is 0. The van der Waals surface area contributed by atoms with Crippen molar-refractivity contribution in [3.63, 3.8) is 0 Å². The minimum atomic E-state index is -0.370. The Balaban J connectivity index is 1.24. The van der Waals surface area contributed by atoms with Crippen LogP contribution in [0.2, 0.25) is 0 Å². The number of unbranched alkanes of at least 4 members (excludes halogenated alkanes) is 1. The van der Waals surface area contributed by atoms with E-state index in [1.165, 1.54) is 30.2 Å². The van der Waals surface area contributed by atoms with Crippen LogP contribution in [-0.2, 0) is 6.54 Å². The highest BCUT2D eigenvalue weighted by Crippen LogP contribution is 2.32. The lowest BCUT2D eigenvalue weighted by molar-refractivity contribution is 0.0758. The van der Waals surface area contributed by atoms with Gasteiger partial charge >= 0.3 is 5.69 Å². The van der Waals surface area contributed by atoms with Crippen LogP contribution in [0.4, 0.5) is 0 Å². The van der Waals surface area contributed by atoms with Gasteiger partial charge in [0, 0.05) is 11.5 Å². The van der Waals surface area contributed by atoms with E-state index in [4.69, 9.17) is 0 Å². The Morgan fingerprint density at radius 1 is 1.03 bits per heavy atom. The maximum Gasteiger partial charge on any atom is 0.353 e. The zero-order valence-electron chi connectivity index (χ0n) is 20.5. The average Bonchev–Trinajstić information content (AvgIpc) is 3.59. The number of carbonyl (C=O) groups is 1. The number of hydrogen-bond donors (Lipinski definition) is 1. The number of tetrazole rings is 1. The van der Waals surface area contributed by atoms with Crippen molar-refractivity contribution in [1.82, 2.24) is 35.0 Å². The molecule has 1 aliphatic carbocycles. The van der Waals surface area contributed by atoms with Gasteiger partial charge in [-0.2, -0.15) is 5.10 Å². The molecule has 0 amide bonds. The molecule has 0 radical (unpaired) electrons. The van der Waals surface area contributed by atoms with Crippen LogP contribution in [-0.4, -0.2) is 40.9 Å². The van der Waals surface area contributed by atoms with E-state index in [0.29, 0.717) is 18.3 Å². The first-order valence-corrected chi connectivity index (χ1v) is 12.7. The lowest BCUT2D eigenvalue weighted by atomic mass is 9.79. The Morgan fingerprint density at radius 2 is 1.81 bits per heavy atom. The monoisotopic (exact) mass is 485 g/mol. The third kappa shape index (κ3) is 5.19. The van der Waals surface area contributed by atoms with Gasteiger partial charge in [0.05, 0.1) is 6.54 Å². The summed E-state index contributed by atoms with van der Waals surface area (Å²) in [5.74, 6) is 1.06. The molecule has 0 spiro atoms. The summed E-state index contributed by atoms with van der Waals surface area (Å²) in [6.45, 7) is 2.57. The zero-order chi connectivity index (χ0) is 24.9. The number of aromatic amines is 1. The Labute approximate surface area is 209 Å². The normalized spacial score (nSPS) is 17.8. The lowest BCUT2D eigenvalue weighted by Gasteiger charge is -2.27. The van der Waals surface area contributed by atoms with Crippen molar-refractivity contribution in [2.75, 3.05) is 0 Å². The molecule has 0 atom stereocenters. The van der Waals surface area contributed by atoms with Crippen LogP contribution < -0.4 is 5.69 Å². The van der Waals surface area contributed by atoms with Gasteiger partial charge in [0.15, 0.2) is 5.82 Å². The molecule has 36 heavy (non-hydrogen) atoms. The second-order valence-corrected chi connectivity index (χ2v) is 9.68. The zero-order valence-corrected chi connectivity index (χ0v) is 20.5. The molecule has 1 fully saturated rings. The van der Waals surface area contributed by atoms with E-state index in [1.54, 1.807) is 0 Å². The Hall–Kier alpha value is -3.88. The molecule has 1 saturated carbocycles. The molecule has 9 nitrogen and oxygen atoms in total. The number of carbonyl (C=O) groups excluding carboxylic acids is 1. The molecule has 0 aliphatic heterocycles. The number of hydrogen-bond acceptors (Lipinski definition) is 6. The summed E-state index contributed by atoms with van der Waals surface area (Å²) >= 11 is 0. The van der Waals surface area contributed by atoms with Crippen LogP contribution in [0.1, 0.15) is 62.2 Å². The fourth-order valence-corrected chi connectivity index (χ4v) is 5.08. The van der Waals surface area contributed by atoms with Gasteiger partial charge in [0.25, 0.3) is 5.91 Å². The number of aromatic nitrogens is 7. The van der Waals surface area contributed by atoms with Crippen LogP contribution in [0.5, 0.6) is 0 Å². The van der Waals surface area contributed by atoms with Gasteiger partial charge in [-0.25, -0.2) is 9.89 Å². The molecule has 0 bridgehead atoms. The van der Waals surface area contributed by atoms with E-state index >= 15 is 0 Å². The van der Waals surface area contributed by atoms with Gasteiger partial charge in [-0.1, -0.05) is 68.7 Å². The van der Waals surface area contributed by atoms with E-state index in [0.717, 1.165) is 52.6 Å². The molecule has 5 rings (SSSR count). The van der Waals surface area contributed by atoms with Crippen LogP contribution in [0, 0.1) is 11.8 Å². The maximum atomic E-state index is 13.0. The van der Waals surface area contributed by atoms with Crippen molar-refractivity contribution < 1.29 is 4.79 Å². The van der Waals surface area contributed by atoms with Crippen molar-refractivity contribution in [3.05, 3.63) is 70.9 Å². The molecule has 1 aliphatic rings. The molecule has 1 N–H and O–H groups in total. The average molecular weight is 486 g/mol. The second kappa shape index (κ2) is 10.8. The van der Waals surface area contributed by atoms with Crippen molar-refractivity contribution in [2.24, 2.45) is 11.8 Å². The maximum absolute atomic E-state index is 13.0. The first-order valence-electron chi connectivity index (χ1n) is 12.7. The van der Waals surface area contributed by atoms with Crippen molar-refractivity contribution in [1.29, 1.82) is 0 Å². The summed E-state index contributed by atoms with van der Waals surface area (Å²) in [6, 6.07) is 16.0. The number of benzene rings is 2. The molecule has 0 saturated heterocycles. The second-order valence-electron chi connectivity index (χ2n) is 9.68. The molecule has 0 unspecified atom stereocenters. The third-order valence-electron chi connectivity index (χ3n) is 7.23. The summed E-state index contributed by atoms with van der Waals surface area (Å²) in [4.78, 5) is 25.9. The van der Waals surface area contributed by atoms with E-state index < -0.39 is 0 Å². The molecular weight excluding hydrogens is 454 g/mol. The summed E-state index contributed by atoms with van der Waals surface area (Å²) < 4.78 is 2.56. The Morgan fingerprint density at radius 3 is 2.53 bits per heavy atom. The van der Waals surface area contributed by atoms with Crippen molar-refractivity contribution in [2.45, 2.75) is 58.4 Å². The molecule has 9 heteroatoms. The van der Waals surface area contributed by atoms with E-state index in [2.05, 4.69) is 32.6 Å². The first kappa shape index (κ1) is 23.8. The number of H-pyrrole nitrogens is 1. The molecule has 2 aromatic carbocycles. The van der Waals surface area contributed by atoms with Crippen molar-refractivity contribution >= 4 is 5.91 Å². The Bertz CT molecular complexity index is 1350. The SMILES string of the molecule is CCCCC1CCC(C(=O)n2ncn(Cc3ccc(-c4cccc(-c5nnn[nH]5)c4)cc3)c2=O)CC1. The highest BCUT2D eigenvalue weighted by atomic mass is 16.2. The van der Waals surface area contributed by atoms with Crippen molar-refractivity contribution in [3.8, 4) is 22.5 Å². The smallest absolute Gasteiger partial charge is 0.277 e. The van der Waals surface area contributed by atoms with Crippen LogP contribution in [0.15, 0.2) is 59.7 Å². The molecular formula is C27H31N7O2. The minimum absolute atomic E-state index is 0.105. The van der Waals surface area contributed by atoms with Crippen LogP contribution in [0.3, 0.4) is 0 Å². The number of nitrogens with zero attached hydrogens (tertiary/aromatic N) is 6. The highest BCUT2D eigenvalue weighted by molar-refractivity contribution is 5.80. The molecule has 4 aromatic rings. The highest BCUT2D eigenvalue weighted by Gasteiger charge is 2.28. The topological polar surface area (TPSA) is 111 Å². The van der Waals surface area contributed by atoms with E-state index in [1.807, 2.05) is 48.5 Å². The summed E-state index contributed by atoms with van der Waals surface area (Å²) in [5, 5.41) is 18.2. The van der Waals surface area contributed by atoms with Gasteiger partial charge in [0.1, 0.15) is 6.33 Å². The predicted octanol–water partition coefficient (Wildman–Crippen LogP) is 4.58. The van der Waals surface area contributed by atoms with Gasteiger partial charge in [-0.3, -0.25) is 9.36 Å². The molecule has 2 aromatic heterocycles. The van der Waals surface area contributed by atoms with E-state index in [9.17, 15) is 9.59 Å². The van der Waals surface area contributed by atoms with Gasteiger partial charge < -0.3 is 0 Å². The number of rotatable bonds is 8. The largest absolute Gasteiger partial charge is 0.353 e. The van der Waals surface area contributed by atoms with E-state index in [-0.39, 0.29) is 17.5 Å².